The quantitative estimate of drug-likeness (QED) is 0.287. The van der Waals surface area contributed by atoms with Crippen molar-refractivity contribution < 1.29 is 4.92 Å². The second-order valence-corrected chi connectivity index (χ2v) is 2.84. The number of hydrogen-bond acceptors (Lipinski definition) is 7. The van der Waals surface area contributed by atoms with E-state index in [1.54, 1.807) is 6.07 Å². The number of H-pyrrole nitrogens is 1. The Morgan fingerprint density at radius 3 is 3.06 bits per heavy atom. The molecular weight excluding hydrogens is 234 g/mol. The summed E-state index contributed by atoms with van der Waals surface area (Å²) in [6.07, 6.45) is 1.11. The molecule has 82 valence electrons. The lowest BCUT2D eigenvalue weighted by molar-refractivity contribution is -0.388. The van der Waals surface area contributed by atoms with E-state index in [9.17, 15) is 10.1 Å². The van der Waals surface area contributed by atoms with Crippen LogP contribution in [0.2, 0.25) is 0 Å². The first-order chi connectivity index (χ1) is 7.56. The Morgan fingerprint density at radius 1 is 1.88 bits per heavy atom. The molecule has 0 atom stereocenters. The first-order valence-electron chi connectivity index (χ1n) is 3.77. The third-order valence-corrected chi connectivity index (χ3v) is 1.61. The first-order valence-corrected chi connectivity index (χ1v) is 4.18. The number of anilines is 1. The van der Waals surface area contributed by atoms with E-state index in [2.05, 4.69) is 32.7 Å². The minimum absolute atomic E-state index is 0.131. The minimum Gasteiger partial charge on any atom is -0.387 e. The molecule has 0 bridgehead atoms. The fourth-order valence-electron chi connectivity index (χ4n) is 0.753. The van der Waals surface area contributed by atoms with Crippen LogP contribution >= 0.6 is 12.2 Å². The van der Waals surface area contributed by atoms with Crippen molar-refractivity contribution in [3.63, 3.8) is 0 Å². The van der Waals surface area contributed by atoms with Gasteiger partial charge in [-0.15, -0.1) is 0 Å². The van der Waals surface area contributed by atoms with Crippen molar-refractivity contribution >= 4 is 34.6 Å². The molecule has 0 aromatic carbocycles. The number of nitrogens with one attached hydrogen (secondary N) is 2. The number of nitro groups is 1. The topological polar surface area (TPSA) is 146 Å². The maximum atomic E-state index is 10.5. The van der Waals surface area contributed by atoms with Gasteiger partial charge in [0.05, 0.1) is 0 Å². The van der Waals surface area contributed by atoms with E-state index in [0.717, 1.165) is 6.33 Å². The van der Waals surface area contributed by atoms with Gasteiger partial charge in [0.25, 0.3) is 0 Å². The summed E-state index contributed by atoms with van der Waals surface area (Å²) in [5, 5.41) is 22.5. The van der Waals surface area contributed by atoms with Gasteiger partial charge in [0, 0.05) is 0 Å². The number of nitriles is 1. The molecule has 0 aliphatic carbocycles. The van der Waals surface area contributed by atoms with Gasteiger partial charge in [-0.3, -0.25) is 5.43 Å². The van der Waals surface area contributed by atoms with E-state index in [-0.39, 0.29) is 22.3 Å². The molecule has 0 radical (unpaired) electrons. The molecule has 4 N–H and O–H groups in total. The molecule has 10 heteroatoms. The number of hydrazone groups is 1. The zero-order valence-corrected chi connectivity index (χ0v) is 8.48. The van der Waals surface area contributed by atoms with E-state index in [1.807, 2.05) is 0 Å². The van der Waals surface area contributed by atoms with Gasteiger partial charge in [-0.05, 0) is 4.92 Å². The summed E-state index contributed by atoms with van der Waals surface area (Å²) in [5.74, 6) is -0.502. The Hall–Kier alpha value is -2.54. The number of nitrogens with zero attached hydrogens (tertiary/aromatic N) is 4. The minimum atomic E-state index is -0.683. The Labute approximate surface area is 94.1 Å². The van der Waals surface area contributed by atoms with Crippen molar-refractivity contribution in [2.24, 2.45) is 10.8 Å². The van der Waals surface area contributed by atoms with Gasteiger partial charge in [-0.25, -0.2) is 4.98 Å². The molecule has 0 fully saturated rings. The van der Waals surface area contributed by atoms with Crippen LogP contribution in [0.1, 0.15) is 0 Å². The monoisotopic (exact) mass is 239 g/mol. The summed E-state index contributed by atoms with van der Waals surface area (Å²) in [6.45, 7) is 0. The third kappa shape index (κ3) is 2.49. The summed E-state index contributed by atoms with van der Waals surface area (Å²) < 4.78 is 0. The van der Waals surface area contributed by atoms with Crippen LogP contribution in [-0.4, -0.2) is 25.6 Å². The van der Waals surface area contributed by atoms with Crippen LogP contribution in [-0.2, 0) is 0 Å². The molecule has 16 heavy (non-hydrogen) atoms. The summed E-state index contributed by atoms with van der Waals surface area (Å²) in [5.41, 5.74) is 7.14. The number of nitrogens with two attached hydrogens (primary N) is 1. The number of thiocarbonyl (C=S) groups is 1. The molecule has 0 aliphatic rings. The molecule has 0 unspecified atom stereocenters. The predicted molar refractivity (Wildman–Crippen MR) is 58.7 cm³/mol. The van der Waals surface area contributed by atoms with Crippen LogP contribution in [0.3, 0.4) is 0 Å². The van der Waals surface area contributed by atoms with Crippen LogP contribution in [0, 0.1) is 21.4 Å². The zero-order valence-electron chi connectivity index (χ0n) is 7.67. The highest BCUT2D eigenvalue weighted by atomic mass is 32.1. The maximum Gasteiger partial charge on any atom is 0.366 e. The summed E-state index contributed by atoms with van der Waals surface area (Å²) in [6, 6.07) is 1.63. The highest BCUT2D eigenvalue weighted by Crippen LogP contribution is 2.17. The molecule has 1 aromatic heterocycles. The molecule has 0 saturated carbocycles. The fraction of sp³-hybridized carbons (Fsp3) is 0. The zero-order chi connectivity index (χ0) is 12.1. The SMILES string of the molecule is N#C/C(=N/Nc1nc[nH]c1[N+](=O)[O-])C(N)=S. The lowest BCUT2D eigenvalue weighted by atomic mass is 10.4. The normalized spacial score (nSPS) is 10.6. The van der Waals surface area contributed by atoms with Gasteiger partial charge in [-0.1, -0.05) is 12.2 Å². The molecule has 0 saturated heterocycles. The lowest BCUT2D eigenvalue weighted by Crippen LogP contribution is -2.20. The Morgan fingerprint density at radius 2 is 2.56 bits per heavy atom. The Balaban J connectivity index is 2.90. The molecule has 0 amide bonds. The van der Waals surface area contributed by atoms with Crippen molar-refractivity contribution in [1.82, 2.24) is 9.97 Å². The van der Waals surface area contributed by atoms with Gasteiger partial charge in [0.15, 0.2) is 12.0 Å². The predicted octanol–water partition coefficient (Wildman–Crippen LogP) is -0.105. The van der Waals surface area contributed by atoms with E-state index in [0.29, 0.717) is 0 Å². The van der Waals surface area contributed by atoms with E-state index >= 15 is 0 Å². The van der Waals surface area contributed by atoms with Crippen molar-refractivity contribution in [1.29, 1.82) is 5.26 Å². The second kappa shape index (κ2) is 4.80. The molecule has 1 rings (SSSR count). The van der Waals surface area contributed by atoms with Crippen molar-refractivity contribution in [3.8, 4) is 6.07 Å². The average Bonchev–Trinajstić information content (AvgIpc) is 2.66. The number of hydrogen-bond donors (Lipinski definition) is 3. The van der Waals surface area contributed by atoms with Crippen LogP contribution in [0.4, 0.5) is 11.6 Å². The second-order valence-electron chi connectivity index (χ2n) is 2.41. The van der Waals surface area contributed by atoms with Gasteiger partial charge in [0.1, 0.15) is 11.1 Å². The van der Waals surface area contributed by atoms with Gasteiger partial charge < -0.3 is 15.8 Å². The van der Waals surface area contributed by atoms with E-state index in [1.165, 1.54) is 0 Å². The van der Waals surface area contributed by atoms with E-state index in [4.69, 9.17) is 11.0 Å². The van der Waals surface area contributed by atoms with E-state index < -0.39 is 4.92 Å². The molecule has 0 aliphatic heterocycles. The fourth-order valence-corrected chi connectivity index (χ4v) is 0.844. The van der Waals surface area contributed by atoms with Gasteiger partial charge in [0.2, 0.25) is 5.82 Å². The Kier molecular flexibility index (Phi) is 3.46. The molecule has 0 spiro atoms. The van der Waals surface area contributed by atoms with Crippen LogP contribution in [0.25, 0.3) is 0 Å². The molecule has 9 nitrogen and oxygen atoms in total. The lowest BCUT2D eigenvalue weighted by Gasteiger charge is -1.97. The molecule has 1 heterocycles. The van der Waals surface area contributed by atoms with Crippen LogP contribution in [0.5, 0.6) is 0 Å². The summed E-state index contributed by atoms with van der Waals surface area (Å²) in [4.78, 5) is 15.4. The number of aromatic amines is 1. The Bertz CT molecular complexity index is 499. The van der Waals surface area contributed by atoms with Crippen molar-refractivity contribution in [2.75, 3.05) is 5.43 Å². The highest BCUT2D eigenvalue weighted by molar-refractivity contribution is 7.82. The summed E-state index contributed by atoms with van der Waals surface area (Å²) >= 11 is 4.52. The average molecular weight is 239 g/mol. The number of imidazole rings is 1. The third-order valence-electron chi connectivity index (χ3n) is 1.41. The first kappa shape index (κ1) is 11.5. The molecular formula is C6H5N7O2S. The number of aromatic nitrogens is 2. The van der Waals surface area contributed by atoms with Crippen LogP contribution < -0.4 is 11.2 Å². The number of rotatable bonds is 4. The largest absolute Gasteiger partial charge is 0.387 e. The highest BCUT2D eigenvalue weighted by Gasteiger charge is 2.14. The van der Waals surface area contributed by atoms with Gasteiger partial charge in [-0.2, -0.15) is 15.3 Å². The van der Waals surface area contributed by atoms with Crippen LogP contribution in [0.15, 0.2) is 11.4 Å². The van der Waals surface area contributed by atoms with Crippen molar-refractivity contribution in [3.05, 3.63) is 16.4 Å². The van der Waals surface area contributed by atoms with Crippen molar-refractivity contribution in [2.45, 2.75) is 0 Å². The maximum absolute atomic E-state index is 10.5. The standard InChI is InChI=1S/C6H5N7O2S/c7-1-3(4(8)16)11-12-5-6(13(14)15)10-2-9-5/h2,12H,(H2,8,16)(H,9,10)/b11-3-. The summed E-state index contributed by atoms with van der Waals surface area (Å²) in [7, 11) is 0. The molecule has 1 aromatic rings. The smallest absolute Gasteiger partial charge is 0.366 e. The van der Waals surface area contributed by atoms with Gasteiger partial charge >= 0.3 is 5.82 Å².